The van der Waals surface area contributed by atoms with Crippen molar-refractivity contribution in [2.75, 3.05) is 0 Å². The maximum Gasteiger partial charge on any atom is 0.308 e. The number of carbonyl (C=O) groups is 2. The molecule has 0 bridgehead atoms. The molecule has 14 heavy (non-hydrogen) atoms. The lowest BCUT2D eigenvalue weighted by Crippen LogP contribution is -2.46. The molecule has 0 aromatic rings. The van der Waals surface area contributed by atoms with Gasteiger partial charge in [0.1, 0.15) is 0 Å². The van der Waals surface area contributed by atoms with Gasteiger partial charge in [-0.2, -0.15) is 0 Å². The van der Waals surface area contributed by atoms with E-state index in [1.807, 2.05) is 0 Å². The molecule has 1 aliphatic rings. The molecule has 80 valence electrons. The van der Waals surface area contributed by atoms with Crippen LogP contribution in [0, 0.1) is 5.92 Å². The Bertz CT molecular complexity index is 240. The van der Waals surface area contributed by atoms with Gasteiger partial charge in [0.25, 0.3) is 0 Å². The molecule has 0 saturated heterocycles. The number of nitrogens with one attached hydrogen (secondary N) is 1. The summed E-state index contributed by atoms with van der Waals surface area (Å²) in [6.45, 7) is 1.58. The smallest absolute Gasteiger partial charge is 0.308 e. The highest BCUT2D eigenvalue weighted by molar-refractivity contribution is 5.82. The molecule has 0 aromatic heterocycles. The molecule has 5 heteroatoms. The van der Waals surface area contributed by atoms with E-state index in [4.69, 9.17) is 10.8 Å². The Kier molecular flexibility index (Phi) is 3.46. The second-order valence-corrected chi connectivity index (χ2v) is 3.78. The largest absolute Gasteiger partial charge is 0.481 e. The van der Waals surface area contributed by atoms with Crippen molar-refractivity contribution in [1.29, 1.82) is 0 Å². The molecule has 0 spiro atoms. The molecule has 0 aromatic carbocycles. The highest BCUT2D eigenvalue weighted by atomic mass is 16.4. The average Bonchev–Trinajstić information content (AvgIpc) is 2.52. The normalized spacial score (nSPS) is 28.4. The van der Waals surface area contributed by atoms with Crippen molar-refractivity contribution in [3.05, 3.63) is 0 Å². The van der Waals surface area contributed by atoms with E-state index in [-0.39, 0.29) is 11.9 Å². The van der Waals surface area contributed by atoms with E-state index in [1.54, 1.807) is 6.92 Å². The molecule has 3 atom stereocenters. The Balaban J connectivity index is 2.51. The van der Waals surface area contributed by atoms with E-state index in [0.29, 0.717) is 6.42 Å². The Morgan fingerprint density at radius 1 is 1.50 bits per heavy atom. The molecule has 1 saturated carbocycles. The fraction of sp³-hybridized carbons (Fsp3) is 0.778. The fourth-order valence-electron chi connectivity index (χ4n) is 1.74. The predicted molar refractivity (Wildman–Crippen MR) is 50.6 cm³/mol. The predicted octanol–water partition coefficient (Wildman–Crippen LogP) is -0.297. The quantitative estimate of drug-likeness (QED) is 0.583. The molecule has 4 N–H and O–H groups in total. The van der Waals surface area contributed by atoms with Crippen molar-refractivity contribution in [1.82, 2.24) is 5.32 Å². The van der Waals surface area contributed by atoms with Gasteiger partial charge in [-0.3, -0.25) is 9.59 Å². The van der Waals surface area contributed by atoms with Crippen molar-refractivity contribution < 1.29 is 14.7 Å². The number of hydrogen-bond donors (Lipinski definition) is 3. The zero-order chi connectivity index (χ0) is 10.7. The summed E-state index contributed by atoms with van der Waals surface area (Å²) in [4.78, 5) is 22.0. The summed E-state index contributed by atoms with van der Waals surface area (Å²) in [7, 11) is 0. The minimum Gasteiger partial charge on any atom is -0.481 e. The Morgan fingerprint density at radius 2 is 2.14 bits per heavy atom. The van der Waals surface area contributed by atoms with Crippen LogP contribution in [0.2, 0.25) is 0 Å². The monoisotopic (exact) mass is 200 g/mol. The summed E-state index contributed by atoms with van der Waals surface area (Å²) in [5.41, 5.74) is 5.38. The Hall–Kier alpha value is -1.10. The third-order valence-electron chi connectivity index (χ3n) is 2.57. The molecule has 0 heterocycles. The Morgan fingerprint density at radius 3 is 2.64 bits per heavy atom. The number of carboxylic acid groups (broad SMARTS) is 1. The van der Waals surface area contributed by atoms with Crippen molar-refractivity contribution >= 4 is 11.9 Å². The first-order chi connectivity index (χ1) is 6.52. The van der Waals surface area contributed by atoms with Crippen LogP contribution in [0.1, 0.15) is 26.2 Å². The van der Waals surface area contributed by atoms with E-state index in [9.17, 15) is 9.59 Å². The van der Waals surface area contributed by atoms with Crippen molar-refractivity contribution in [3.8, 4) is 0 Å². The van der Waals surface area contributed by atoms with E-state index in [1.165, 1.54) is 0 Å². The molecular weight excluding hydrogens is 184 g/mol. The van der Waals surface area contributed by atoms with Crippen molar-refractivity contribution in [2.45, 2.75) is 38.3 Å². The van der Waals surface area contributed by atoms with Crippen molar-refractivity contribution in [2.24, 2.45) is 11.7 Å². The van der Waals surface area contributed by atoms with Gasteiger partial charge in [-0.15, -0.1) is 0 Å². The van der Waals surface area contributed by atoms with Crippen LogP contribution in [0.4, 0.5) is 0 Å². The number of carboxylic acids is 1. The lowest BCUT2D eigenvalue weighted by atomic mass is 10.0. The summed E-state index contributed by atoms with van der Waals surface area (Å²) in [5, 5.41) is 11.5. The van der Waals surface area contributed by atoms with Gasteiger partial charge in [0, 0.05) is 6.04 Å². The van der Waals surface area contributed by atoms with Crippen LogP contribution < -0.4 is 11.1 Å². The van der Waals surface area contributed by atoms with Gasteiger partial charge < -0.3 is 16.2 Å². The van der Waals surface area contributed by atoms with Gasteiger partial charge in [0.15, 0.2) is 0 Å². The minimum absolute atomic E-state index is 0.244. The zero-order valence-corrected chi connectivity index (χ0v) is 8.19. The molecule has 1 aliphatic carbocycles. The summed E-state index contributed by atoms with van der Waals surface area (Å²) >= 11 is 0. The van der Waals surface area contributed by atoms with Gasteiger partial charge in [0.05, 0.1) is 12.0 Å². The van der Waals surface area contributed by atoms with Crippen LogP contribution in [-0.2, 0) is 9.59 Å². The fourth-order valence-corrected chi connectivity index (χ4v) is 1.74. The van der Waals surface area contributed by atoms with Crippen LogP contribution in [0.3, 0.4) is 0 Å². The zero-order valence-electron chi connectivity index (χ0n) is 8.19. The second kappa shape index (κ2) is 4.41. The molecule has 1 amide bonds. The maximum absolute atomic E-state index is 11.2. The number of aliphatic carboxylic acids is 1. The van der Waals surface area contributed by atoms with Gasteiger partial charge in [-0.1, -0.05) is 6.42 Å². The molecule has 0 unspecified atom stereocenters. The first-order valence-electron chi connectivity index (χ1n) is 4.81. The molecule has 1 rings (SSSR count). The van der Waals surface area contributed by atoms with E-state index >= 15 is 0 Å². The number of carbonyl (C=O) groups excluding carboxylic acids is 1. The van der Waals surface area contributed by atoms with Gasteiger partial charge in [-0.25, -0.2) is 0 Å². The molecule has 5 nitrogen and oxygen atoms in total. The highest BCUT2D eigenvalue weighted by Gasteiger charge is 2.34. The van der Waals surface area contributed by atoms with Gasteiger partial charge in [-0.05, 0) is 19.8 Å². The minimum atomic E-state index is -0.836. The maximum atomic E-state index is 11.2. The van der Waals surface area contributed by atoms with E-state index in [0.717, 1.165) is 12.8 Å². The number of amides is 1. The highest BCUT2D eigenvalue weighted by Crippen LogP contribution is 2.25. The second-order valence-electron chi connectivity index (χ2n) is 3.78. The third kappa shape index (κ3) is 2.45. The lowest BCUT2D eigenvalue weighted by Gasteiger charge is -2.18. The molecular formula is C9H16N2O3. The van der Waals surface area contributed by atoms with Gasteiger partial charge >= 0.3 is 5.97 Å². The lowest BCUT2D eigenvalue weighted by molar-refractivity contribution is -0.142. The molecule has 1 fully saturated rings. The average molecular weight is 200 g/mol. The van der Waals surface area contributed by atoms with Crippen molar-refractivity contribution in [3.63, 3.8) is 0 Å². The van der Waals surface area contributed by atoms with Crippen LogP contribution in [0.15, 0.2) is 0 Å². The number of hydrogen-bond acceptors (Lipinski definition) is 3. The number of nitrogens with two attached hydrogens (primary N) is 1. The summed E-state index contributed by atoms with van der Waals surface area (Å²) in [5.74, 6) is -1.56. The van der Waals surface area contributed by atoms with Gasteiger partial charge in [0.2, 0.25) is 5.91 Å². The van der Waals surface area contributed by atoms with Crippen LogP contribution in [-0.4, -0.2) is 29.1 Å². The number of rotatable bonds is 3. The third-order valence-corrected chi connectivity index (χ3v) is 2.57. The summed E-state index contributed by atoms with van der Waals surface area (Å²) in [6, 6.07) is -0.823. The topological polar surface area (TPSA) is 92.4 Å². The van der Waals surface area contributed by atoms with Crippen LogP contribution in [0.25, 0.3) is 0 Å². The van der Waals surface area contributed by atoms with Crippen LogP contribution in [0.5, 0.6) is 0 Å². The van der Waals surface area contributed by atoms with E-state index in [2.05, 4.69) is 5.32 Å². The Labute approximate surface area is 82.7 Å². The first-order valence-corrected chi connectivity index (χ1v) is 4.81. The summed E-state index contributed by atoms with van der Waals surface area (Å²) in [6.07, 6.45) is 2.22. The van der Waals surface area contributed by atoms with Crippen LogP contribution >= 0.6 is 0 Å². The first kappa shape index (κ1) is 11.0. The standard InChI is InChI=1S/C9H16N2O3/c1-5(10)8(12)11-7-4-2-3-6(7)9(13)14/h5-7H,2-4,10H2,1H3,(H,11,12)(H,13,14)/t5-,6+,7-/m0/s1. The SMILES string of the molecule is C[C@H](N)C(=O)N[C@H]1CCC[C@H]1C(=O)O. The molecule has 0 aliphatic heterocycles. The molecule has 0 radical (unpaired) electrons. The van der Waals surface area contributed by atoms with E-state index < -0.39 is 17.9 Å². The summed E-state index contributed by atoms with van der Waals surface area (Å²) < 4.78 is 0.